The summed E-state index contributed by atoms with van der Waals surface area (Å²) in [6.07, 6.45) is -0.0258. The summed E-state index contributed by atoms with van der Waals surface area (Å²) in [7, 11) is 5.61. The maximum Gasteiger partial charge on any atom is 0.119 e. The monoisotopic (exact) mass is 154 g/mol. The Morgan fingerprint density at radius 2 is 2.45 bits per heavy atom. The predicted molar refractivity (Wildman–Crippen MR) is 39.3 cm³/mol. The molecule has 3 nitrogen and oxygen atoms in total. The Balaban J connectivity index is 2.24. The molecule has 0 aromatic heterocycles. The molecule has 2 saturated heterocycles. The summed E-state index contributed by atoms with van der Waals surface area (Å²) in [5, 5.41) is 9.07. The lowest BCUT2D eigenvalue weighted by molar-refractivity contribution is -0.132. The first kappa shape index (κ1) is 7.59. The third kappa shape index (κ3) is 0.804. The smallest absolute Gasteiger partial charge is 0.119 e. The van der Waals surface area contributed by atoms with E-state index in [1.165, 1.54) is 0 Å². The molecule has 0 aliphatic carbocycles. The van der Waals surface area contributed by atoms with Crippen LogP contribution in [-0.2, 0) is 9.47 Å². The van der Waals surface area contributed by atoms with Gasteiger partial charge in [0.05, 0.1) is 19.3 Å². The number of aliphatic hydroxyl groups is 1. The Bertz CT molecular complexity index is 175. The van der Waals surface area contributed by atoms with E-state index < -0.39 is 5.60 Å². The Kier molecular flexibility index (Phi) is 1.53. The van der Waals surface area contributed by atoms with Crippen LogP contribution in [0.2, 0.25) is 0 Å². The lowest BCUT2D eigenvalue weighted by Crippen LogP contribution is -2.41. The largest absolute Gasteiger partial charge is 0.393 e. The van der Waals surface area contributed by atoms with E-state index in [4.69, 9.17) is 22.4 Å². The van der Waals surface area contributed by atoms with Gasteiger partial charge in [-0.2, -0.15) is 0 Å². The van der Waals surface area contributed by atoms with Crippen LogP contribution in [0.25, 0.3) is 0 Å². The van der Waals surface area contributed by atoms with Gasteiger partial charge < -0.3 is 14.6 Å². The molecule has 4 atom stereocenters. The molecule has 2 unspecified atom stereocenters. The summed E-state index contributed by atoms with van der Waals surface area (Å²) in [4.78, 5) is 0. The summed E-state index contributed by atoms with van der Waals surface area (Å²) in [5.74, 6) is 0.211. The molecular weight excluding hydrogens is 143 g/mol. The van der Waals surface area contributed by atoms with Crippen molar-refractivity contribution in [1.82, 2.24) is 0 Å². The highest BCUT2D eigenvalue weighted by Crippen LogP contribution is 2.42. The maximum absolute atomic E-state index is 9.07. The van der Waals surface area contributed by atoms with Crippen molar-refractivity contribution >= 4 is 7.85 Å². The van der Waals surface area contributed by atoms with E-state index in [0.29, 0.717) is 6.61 Å². The van der Waals surface area contributed by atoms with Gasteiger partial charge in [-0.05, 0) is 0 Å². The van der Waals surface area contributed by atoms with Gasteiger partial charge in [-0.15, -0.1) is 0 Å². The number of hydrogen-bond donors (Lipinski definition) is 1. The third-order valence-electron chi connectivity index (χ3n) is 2.80. The van der Waals surface area contributed by atoms with Crippen LogP contribution in [0.3, 0.4) is 0 Å². The van der Waals surface area contributed by atoms with Gasteiger partial charge >= 0.3 is 0 Å². The number of rotatable bonds is 1. The minimum atomic E-state index is -0.510. The summed E-state index contributed by atoms with van der Waals surface area (Å²) in [5.41, 5.74) is -0.510. The van der Waals surface area contributed by atoms with Crippen LogP contribution in [0.1, 0.15) is 6.92 Å². The second-order valence-electron chi connectivity index (χ2n) is 3.37. The van der Waals surface area contributed by atoms with Crippen molar-refractivity contribution in [2.45, 2.75) is 24.6 Å². The molecule has 2 heterocycles. The molecule has 0 aromatic carbocycles. The fourth-order valence-corrected chi connectivity index (χ4v) is 1.90. The molecule has 2 bridgehead atoms. The van der Waals surface area contributed by atoms with Gasteiger partial charge in [-0.1, -0.05) is 6.92 Å². The number of aliphatic hydroxyl groups excluding tert-OH is 1. The highest BCUT2D eigenvalue weighted by Gasteiger charge is 2.56. The lowest BCUT2D eigenvalue weighted by atomic mass is 9.86. The van der Waals surface area contributed by atoms with Crippen molar-refractivity contribution in [3.05, 3.63) is 0 Å². The molecule has 2 radical (unpaired) electrons. The molecule has 2 aliphatic rings. The van der Waals surface area contributed by atoms with Gasteiger partial charge in [0.1, 0.15) is 13.4 Å². The second-order valence-corrected chi connectivity index (χ2v) is 3.37. The number of ether oxygens (including phenoxy) is 2. The predicted octanol–water partition coefficient (Wildman–Crippen LogP) is -0.723. The topological polar surface area (TPSA) is 38.7 Å². The lowest BCUT2D eigenvalue weighted by Gasteiger charge is -2.28. The maximum atomic E-state index is 9.07. The van der Waals surface area contributed by atoms with Gasteiger partial charge in [-0.25, -0.2) is 0 Å². The van der Waals surface area contributed by atoms with Gasteiger partial charge in [0, 0.05) is 11.9 Å². The quantitative estimate of drug-likeness (QED) is 0.506. The molecule has 0 spiro atoms. The van der Waals surface area contributed by atoms with E-state index in [9.17, 15) is 0 Å². The fourth-order valence-electron chi connectivity index (χ4n) is 1.90. The SMILES string of the molecule is [B][C@@H]1O[C@@]2(CO)COC1C2C. The normalized spacial score (nSPS) is 55.3. The third-order valence-corrected chi connectivity index (χ3v) is 2.80. The fraction of sp³-hybridized carbons (Fsp3) is 1.00. The van der Waals surface area contributed by atoms with Crippen LogP contribution in [0.15, 0.2) is 0 Å². The van der Waals surface area contributed by atoms with Crippen LogP contribution in [0, 0.1) is 5.92 Å². The van der Waals surface area contributed by atoms with Crippen molar-refractivity contribution in [2.75, 3.05) is 13.2 Å². The Labute approximate surface area is 67.1 Å². The van der Waals surface area contributed by atoms with E-state index in [1.54, 1.807) is 0 Å². The molecular formula is C7H11BO3. The Morgan fingerprint density at radius 1 is 1.73 bits per heavy atom. The van der Waals surface area contributed by atoms with E-state index in [2.05, 4.69) is 0 Å². The van der Waals surface area contributed by atoms with Crippen LogP contribution < -0.4 is 0 Å². The van der Waals surface area contributed by atoms with E-state index in [-0.39, 0.29) is 24.6 Å². The minimum absolute atomic E-state index is 0.00162. The second kappa shape index (κ2) is 2.22. The highest BCUT2D eigenvalue weighted by atomic mass is 16.6. The van der Waals surface area contributed by atoms with E-state index in [0.717, 1.165) is 0 Å². The summed E-state index contributed by atoms with van der Waals surface area (Å²) in [6.45, 7) is 2.47. The minimum Gasteiger partial charge on any atom is -0.393 e. The summed E-state index contributed by atoms with van der Waals surface area (Å²) < 4.78 is 10.8. The van der Waals surface area contributed by atoms with Gasteiger partial charge in [0.25, 0.3) is 0 Å². The van der Waals surface area contributed by atoms with Crippen LogP contribution in [0.4, 0.5) is 0 Å². The Morgan fingerprint density at radius 3 is 2.73 bits per heavy atom. The molecule has 2 aliphatic heterocycles. The van der Waals surface area contributed by atoms with Gasteiger partial charge in [0.2, 0.25) is 0 Å². The van der Waals surface area contributed by atoms with Crippen LogP contribution >= 0.6 is 0 Å². The first-order valence-corrected chi connectivity index (χ1v) is 3.85. The molecule has 60 valence electrons. The average Bonchev–Trinajstić information content (AvgIpc) is 2.42. The molecule has 1 N–H and O–H groups in total. The zero-order chi connectivity index (χ0) is 8.06. The first-order valence-electron chi connectivity index (χ1n) is 3.85. The Hall–Kier alpha value is -0.0551. The van der Waals surface area contributed by atoms with Crippen molar-refractivity contribution in [3.8, 4) is 0 Å². The molecule has 11 heavy (non-hydrogen) atoms. The molecule has 2 fully saturated rings. The molecule has 0 saturated carbocycles. The standard InChI is InChI=1S/C7H11BO3/c1-4-5-6(8)11-7(4,2-9)3-10-5/h4-6,9H,2-3H2,1H3/t4?,5?,6-,7+/m1/s1. The molecule has 2 rings (SSSR count). The number of fused-ring (bicyclic) bond motifs is 2. The number of hydrogen-bond acceptors (Lipinski definition) is 3. The van der Waals surface area contributed by atoms with E-state index >= 15 is 0 Å². The van der Waals surface area contributed by atoms with Crippen molar-refractivity contribution in [2.24, 2.45) is 5.92 Å². The molecule has 0 aromatic rings. The summed E-state index contributed by atoms with van der Waals surface area (Å²) in [6, 6.07) is -0.356. The van der Waals surface area contributed by atoms with Crippen LogP contribution in [0.5, 0.6) is 0 Å². The van der Waals surface area contributed by atoms with Crippen LogP contribution in [-0.4, -0.2) is 43.9 Å². The molecule has 4 heteroatoms. The van der Waals surface area contributed by atoms with Crippen molar-refractivity contribution < 1.29 is 14.6 Å². The van der Waals surface area contributed by atoms with Gasteiger partial charge in [0.15, 0.2) is 0 Å². The van der Waals surface area contributed by atoms with Gasteiger partial charge in [-0.3, -0.25) is 0 Å². The summed E-state index contributed by atoms with van der Waals surface area (Å²) >= 11 is 0. The van der Waals surface area contributed by atoms with Crippen molar-refractivity contribution in [1.29, 1.82) is 0 Å². The first-order chi connectivity index (χ1) is 5.19. The zero-order valence-corrected chi connectivity index (χ0v) is 6.49. The molecule has 0 amide bonds. The van der Waals surface area contributed by atoms with E-state index in [1.807, 2.05) is 6.92 Å². The zero-order valence-electron chi connectivity index (χ0n) is 6.49. The van der Waals surface area contributed by atoms with Crippen molar-refractivity contribution in [3.63, 3.8) is 0 Å². The highest BCUT2D eigenvalue weighted by molar-refractivity contribution is 6.11. The average molecular weight is 154 g/mol.